The minimum atomic E-state index is -1.06. The molecule has 13 heterocycles. The van der Waals surface area contributed by atoms with E-state index >= 15 is 0 Å². The molecule has 8 amide bonds. The molecule has 5 aliphatic rings. The maximum absolute atomic E-state index is 13.7. The van der Waals surface area contributed by atoms with E-state index in [1.54, 1.807) is 133 Å². The zero-order valence-corrected chi connectivity index (χ0v) is 84.2. The molecular formula is C112H123F4N13O14. The van der Waals surface area contributed by atoms with Gasteiger partial charge < -0.3 is 66.7 Å². The molecule has 0 spiro atoms. The Labute approximate surface area is 829 Å². The number of aliphatic hydroxyl groups is 1. The number of benzene rings is 5. The van der Waals surface area contributed by atoms with Crippen molar-refractivity contribution in [2.45, 2.75) is 202 Å². The molecule has 0 bridgehead atoms. The van der Waals surface area contributed by atoms with E-state index in [-0.39, 0.29) is 136 Å². The summed E-state index contributed by atoms with van der Waals surface area (Å²) in [5, 5.41) is 19.1. The fourth-order valence-corrected chi connectivity index (χ4v) is 19.2. The van der Waals surface area contributed by atoms with Crippen LogP contribution in [0.25, 0.3) is 89.4 Å². The van der Waals surface area contributed by atoms with Gasteiger partial charge in [-0.3, -0.25) is 38.4 Å². The number of carbonyl (C=O) groups excluding carboxylic acids is 8. The minimum absolute atomic E-state index is 0.00973. The standard InChI is InChI=1S/C30H30FN3O3.C28H32FN3O4.C28H34FN3O4.C26H27FN4O3/c1-19(2)23-16-24(20-10-12-22(31)13-11-20)32-25-17-26(37-27(23)25)29(36)34-15-14-33(18-30(34,3)4)28(35)21-8-6-5-7-9-21;1-17(2)20-14-21(18-7-9-19(29)10-8-18)30-22-15-24(36-25(20)22)27(34)32-12-11-31(16-28(32,3)4)26(33)23-6-5-13-35-23;1-16(2)20-13-21(18-7-9-19(29)10-8-18)30-22-14-23(36-25(20)22)26(34)32-12-11-31(15-28(32,5)6)27(35)24(33)17(3)4;1-16(2)19-13-20(17-5-7-18(27)8-6-17)29-21-14-22(34-24(19)21)25(33)31-12-11-30(15-26(31,3)4)23(32)9-10-28/h5-13,16-17,19H,14-15,18H2,1-4H3;7-10,14-15,17,23H,5-6,11-13,16H2,1-4H3;7-10,13-14,16-17,24,33H,11-12,15H2,1-6H3;5-8,13-14,16H,9,11-12,15H2,1-4H3. The van der Waals surface area contributed by atoms with Crippen molar-refractivity contribution in [1.29, 1.82) is 5.26 Å². The Hall–Kier alpha value is -14.3. The van der Waals surface area contributed by atoms with Gasteiger partial charge in [0.15, 0.2) is 45.4 Å². The van der Waals surface area contributed by atoms with Gasteiger partial charge in [-0.15, -0.1) is 0 Å². The molecule has 27 nitrogen and oxygen atoms in total. The van der Waals surface area contributed by atoms with Gasteiger partial charge in [0.05, 0.1) is 51.0 Å². The topological polar surface area (TPSA) is 320 Å². The van der Waals surface area contributed by atoms with Crippen molar-refractivity contribution in [1.82, 2.24) is 59.1 Å². The summed E-state index contributed by atoms with van der Waals surface area (Å²) >= 11 is 0. The van der Waals surface area contributed by atoms with Crippen LogP contribution in [0.4, 0.5) is 17.6 Å². The van der Waals surface area contributed by atoms with E-state index in [1.165, 1.54) is 48.5 Å². The Morgan fingerprint density at radius 3 is 0.958 bits per heavy atom. The lowest BCUT2D eigenvalue weighted by Crippen LogP contribution is -2.63. The first-order valence-electron chi connectivity index (χ1n) is 48.7. The summed E-state index contributed by atoms with van der Waals surface area (Å²) in [4.78, 5) is 138. The largest absolute Gasteiger partial charge is 0.449 e. The molecule has 13 aromatic rings. The van der Waals surface area contributed by atoms with Crippen molar-refractivity contribution in [3.05, 3.63) is 250 Å². The molecule has 5 aromatic carbocycles. The Kier molecular flexibility index (Phi) is 30.4. The number of furan rings is 4. The van der Waals surface area contributed by atoms with Crippen LogP contribution in [0.2, 0.25) is 0 Å². The fraction of sp³-hybridized carbons (Fsp3) is 0.402. The van der Waals surface area contributed by atoms with E-state index in [9.17, 15) is 61.0 Å². The van der Waals surface area contributed by atoms with Gasteiger partial charge in [0.1, 0.15) is 64.0 Å². The summed E-state index contributed by atoms with van der Waals surface area (Å²) < 4.78 is 83.7. The van der Waals surface area contributed by atoms with Crippen LogP contribution >= 0.6 is 0 Å². The zero-order chi connectivity index (χ0) is 103. The maximum atomic E-state index is 13.7. The molecule has 5 saturated heterocycles. The van der Waals surface area contributed by atoms with Gasteiger partial charge in [-0.1, -0.05) is 87.4 Å². The van der Waals surface area contributed by atoms with Crippen LogP contribution in [0, 0.1) is 40.5 Å². The monoisotopic (exact) mass is 1950 g/mol. The van der Waals surface area contributed by atoms with E-state index < -0.39 is 28.3 Å². The van der Waals surface area contributed by atoms with Gasteiger partial charge >= 0.3 is 0 Å². The van der Waals surface area contributed by atoms with Crippen LogP contribution in [-0.2, 0) is 19.1 Å². The van der Waals surface area contributed by atoms with Crippen LogP contribution < -0.4 is 0 Å². The SMILES string of the molecule is CC(C)c1cc(-c2ccc(F)cc2)nc2cc(C(=O)N3CCN(C(=O)C(O)C(C)C)CC3(C)C)oc12.CC(C)c1cc(-c2ccc(F)cc2)nc2cc(C(=O)N3CCN(C(=O)C4CCCO4)CC3(C)C)oc12.CC(C)c1cc(-c2ccc(F)cc2)nc2cc(C(=O)N3CCN(C(=O)CC#N)CC3(C)C)oc12.CC(C)c1cc(-c2ccc(F)cc2)nc2cc(C(=O)N3CCN(C(=O)c4ccccc4)CC3(C)C)oc12. The van der Waals surface area contributed by atoms with Gasteiger partial charge in [-0.2, -0.15) is 5.26 Å². The predicted octanol–water partition coefficient (Wildman–Crippen LogP) is 20.7. The van der Waals surface area contributed by atoms with Crippen molar-refractivity contribution in [2.75, 3.05) is 85.1 Å². The number of rotatable bonds is 17. The van der Waals surface area contributed by atoms with Gasteiger partial charge in [0.25, 0.3) is 41.4 Å². The van der Waals surface area contributed by atoms with E-state index in [4.69, 9.17) is 42.6 Å². The Morgan fingerprint density at radius 1 is 0.385 bits per heavy atom. The lowest BCUT2D eigenvalue weighted by molar-refractivity contribution is -0.146. The molecule has 2 atom stereocenters. The van der Waals surface area contributed by atoms with E-state index in [0.29, 0.717) is 158 Å². The fourth-order valence-electron chi connectivity index (χ4n) is 19.2. The summed E-state index contributed by atoms with van der Waals surface area (Å²) in [6.07, 6.45) is 0.0545. The number of halogens is 4. The molecule has 0 saturated carbocycles. The van der Waals surface area contributed by atoms with Crippen molar-refractivity contribution in [2.24, 2.45) is 5.92 Å². The van der Waals surface area contributed by atoms with E-state index in [0.717, 1.165) is 57.3 Å². The number of aliphatic hydroxyl groups excluding tert-OH is 1. The number of hydrogen-bond donors (Lipinski definition) is 1. The highest BCUT2D eigenvalue weighted by Crippen LogP contribution is 2.41. The number of ether oxygens (including phenoxy) is 1. The zero-order valence-electron chi connectivity index (χ0n) is 84.2. The molecule has 8 aromatic heterocycles. The molecular weight excluding hydrogens is 1830 g/mol. The second-order valence-electron chi connectivity index (χ2n) is 41.4. The number of carbonyl (C=O) groups is 8. The van der Waals surface area contributed by atoms with Crippen molar-refractivity contribution < 1.29 is 83.4 Å². The van der Waals surface area contributed by atoms with Crippen LogP contribution in [0.3, 0.4) is 0 Å². The Bertz CT molecular complexity index is 6790. The Balaban J connectivity index is 0.000000144. The van der Waals surface area contributed by atoms with Gasteiger partial charge in [-0.25, -0.2) is 37.5 Å². The van der Waals surface area contributed by atoms with Crippen molar-refractivity contribution >= 4 is 91.7 Å². The predicted molar refractivity (Wildman–Crippen MR) is 537 cm³/mol. The van der Waals surface area contributed by atoms with Gasteiger partial charge in [0, 0.05) is 159 Å². The third-order valence-electron chi connectivity index (χ3n) is 27.1. The minimum Gasteiger partial charge on any atom is -0.449 e. The van der Waals surface area contributed by atoms with Crippen molar-refractivity contribution in [3.63, 3.8) is 0 Å². The maximum Gasteiger partial charge on any atom is 0.290 e. The van der Waals surface area contributed by atoms with Crippen LogP contribution in [0.5, 0.6) is 0 Å². The number of hydrogen-bond acceptors (Lipinski definition) is 19. The number of fused-ring (bicyclic) bond motifs is 4. The van der Waals surface area contributed by atoms with Crippen LogP contribution in [-0.4, -0.2) is 231 Å². The van der Waals surface area contributed by atoms with Gasteiger partial charge in [0.2, 0.25) is 5.91 Å². The molecule has 748 valence electrons. The number of nitriles is 1. The normalized spacial score (nSPS) is 16.9. The first-order chi connectivity index (χ1) is 67.8. The average Bonchev–Trinajstić information content (AvgIpc) is 1.37. The van der Waals surface area contributed by atoms with Gasteiger partial charge in [-0.05, 0) is 231 Å². The van der Waals surface area contributed by atoms with Crippen LogP contribution in [0.15, 0.2) is 194 Å². The first-order valence-corrected chi connectivity index (χ1v) is 48.7. The summed E-state index contributed by atoms with van der Waals surface area (Å²) in [7, 11) is 0. The molecule has 2 unspecified atom stereocenters. The quantitative estimate of drug-likeness (QED) is 0.0828. The Morgan fingerprint density at radius 2 is 0.671 bits per heavy atom. The summed E-state index contributed by atoms with van der Waals surface area (Å²) in [6.45, 7) is 40.6. The molecule has 5 aliphatic heterocycles. The smallest absolute Gasteiger partial charge is 0.290 e. The molecule has 18 rings (SSSR count). The number of amides is 8. The molecule has 31 heteroatoms. The van der Waals surface area contributed by atoms with Crippen molar-refractivity contribution in [3.8, 4) is 51.1 Å². The van der Waals surface area contributed by atoms with Crippen LogP contribution in [0.1, 0.15) is 242 Å². The second-order valence-corrected chi connectivity index (χ2v) is 41.4. The average molecular weight is 1950 g/mol. The molecule has 1 N–H and O–H groups in total. The summed E-state index contributed by atoms with van der Waals surface area (Å²) in [5.74, 6) is -1.69. The first kappa shape index (κ1) is 103. The number of piperazine rings is 4. The van der Waals surface area contributed by atoms with E-state index in [1.807, 2.05) is 137 Å². The molecule has 0 aliphatic carbocycles. The molecule has 0 radical (unpaired) electrons. The molecule has 143 heavy (non-hydrogen) atoms. The highest BCUT2D eigenvalue weighted by molar-refractivity contribution is 6.01. The van der Waals surface area contributed by atoms with E-state index in [2.05, 4.69) is 32.7 Å². The number of aromatic nitrogens is 4. The second kappa shape index (κ2) is 42.1. The third-order valence-corrected chi connectivity index (χ3v) is 27.1. The number of pyridine rings is 4. The summed E-state index contributed by atoms with van der Waals surface area (Å²) in [6, 6.07) is 50.2. The third kappa shape index (κ3) is 22.5. The highest BCUT2D eigenvalue weighted by Gasteiger charge is 2.47. The highest BCUT2D eigenvalue weighted by atomic mass is 19.1. The lowest BCUT2D eigenvalue weighted by Gasteiger charge is -2.47. The lowest BCUT2D eigenvalue weighted by atomic mass is 9.96. The number of nitrogens with zero attached hydrogens (tertiary/aromatic N) is 13. The summed E-state index contributed by atoms with van der Waals surface area (Å²) in [5.41, 5.74) is 12.4. The molecule has 5 fully saturated rings.